The van der Waals surface area contributed by atoms with Crippen molar-refractivity contribution in [2.24, 2.45) is 0 Å². The number of hydrogen-bond acceptors (Lipinski definition) is 3. The van der Waals surface area contributed by atoms with Gasteiger partial charge in [-0.3, -0.25) is 10.1 Å². The van der Waals surface area contributed by atoms with Crippen molar-refractivity contribution in [1.82, 2.24) is 0 Å². The van der Waals surface area contributed by atoms with Crippen LogP contribution in [0.1, 0.15) is 59.3 Å². The second kappa shape index (κ2) is 12.5. The molecule has 5 nitrogen and oxygen atoms in total. The first kappa shape index (κ1) is 24.9. The van der Waals surface area contributed by atoms with Gasteiger partial charge in [0.1, 0.15) is 5.60 Å². The van der Waals surface area contributed by atoms with Crippen LogP contribution in [0.25, 0.3) is 11.1 Å². The highest BCUT2D eigenvalue weighted by Crippen LogP contribution is 2.24. The zero-order valence-electron chi connectivity index (χ0n) is 18.7. The maximum atomic E-state index is 12.1. The number of alkyl halides is 1. The van der Waals surface area contributed by atoms with E-state index in [0.29, 0.717) is 12.1 Å². The topological polar surface area (TPSA) is 67.4 Å². The Hall–Kier alpha value is -2.34. The molecule has 2 aromatic rings. The Bertz CT molecular complexity index is 827. The van der Waals surface area contributed by atoms with E-state index < -0.39 is 11.7 Å². The molecular weight excluding hydrogens is 456 g/mol. The number of anilines is 2. The molecule has 0 aliphatic carbocycles. The van der Waals surface area contributed by atoms with Crippen LogP contribution in [-0.4, -0.2) is 22.9 Å². The number of hydrogen-bond donors (Lipinski definition) is 2. The van der Waals surface area contributed by atoms with E-state index in [0.717, 1.165) is 35.0 Å². The summed E-state index contributed by atoms with van der Waals surface area (Å²) in [6.07, 6.45) is 5.70. The first-order chi connectivity index (χ1) is 14.8. The fourth-order valence-corrected chi connectivity index (χ4v) is 3.44. The zero-order chi connectivity index (χ0) is 22.7. The highest BCUT2D eigenvalue weighted by Gasteiger charge is 2.16. The Morgan fingerprint density at radius 1 is 0.774 bits per heavy atom. The Labute approximate surface area is 194 Å². The van der Waals surface area contributed by atoms with Crippen LogP contribution < -0.4 is 10.6 Å². The van der Waals surface area contributed by atoms with Gasteiger partial charge in [0.2, 0.25) is 5.91 Å². The van der Waals surface area contributed by atoms with Crippen LogP contribution >= 0.6 is 15.9 Å². The van der Waals surface area contributed by atoms with E-state index in [2.05, 4.69) is 26.6 Å². The summed E-state index contributed by atoms with van der Waals surface area (Å²) < 4.78 is 5.26. The largest absolute Gasteiger partial charge is 0.444 e. The summed E-state index contributed by atoms with van der Waals surface area (Å²) in [6, 6.07) is 15.3. The molecule has 2 N–H and O–H groups in total. The highest BCUT2D eigenvalue weighted by molar-refractivity contribution is 9.09. The third-order valence-corrected chi connectivity index (χ3v) is 5.13. The monoisotopic (exact) mass is 488 g/mol. The average molecular weight is 489 g/mol. The molecule has 0 bridgehead atoms. The lowest BCUT2D eigenvalue weighted by Gasteiger charge is -2.19. The molecule has 168 valence electrons. The van der Waals surface area contributed by atoms with E-state index >= 15 is 0 Å². The Morgan fingerprint density at radius 2 is 1.26 bits per heavy atom. The van der Waals surface area contributed by atoms with Gasteiger partial charge in [-0.05, 0) is 69.0 Å². The van der Waals surface area contributed by atoms with Gasteiger partial charge in [-0.2, -0.15) is 0 Å². The highest BCUT2D eigenvalue weighted by atomic mass is 79.9. The SMILES string of the molecule is CC(C)(C)OC(=O)Nc1ccc(-c2ccc(NC(=O)CCCCCCCBr)cc2)cc1. The molecule has 0 saturated carbocycles. The molecule has 2 aromatic carbocycles. The lowest BCUT2D eigenvalue weighted by Crippen LogP contribution is -2.27. The first-order valence-corrected chi connectivity index (χ1v) is 12.0. The van der Waals surface area contributed by atoms with Crippen LogP contribution in [-0.2, 0) is 9.53 Å². The number of benzene rings is 2. The minimum Gasteiger partial charge on any atom is -0.444 e. The van der Waals surface area contributed by atoms with Crippen molar-refractivity contribution in [3.05, 3.63) is 48.5 Å². The van der Waals surface area contributed by atoms with Gasteiger partial charge in [0, 0.05) is 23.1 Å². The third kappa shape index (κ3) is 10.0. The second-order valence-corrected chi connectivity index (χ2v) is 9.33. The molecule has 0 aliphatic rings. The van der Waals surface area contributed by atoms with Crippen molar-refractivity contribution < 1.29 is 14.3 Å². The van der Waals surface area contributed by atoms with Gasteiger partial charge in [0.25, 0.3) is 0 Å². The lowest BCUT2D eigenvalue weighted by atomic mass is 10.0. The summed E-state index contributed by atoms with van der Waals surface area (Å²) in [7, 11) is 0. The molecule has 0 radical (unpaired) electrons. The number of halogens is 1. The van der Waals surface area contributed by atoms with E-state index in [-0.39, 0.29) is 5.91 Å². The summed E-state index contributed by atoms with van der Waals surface area (Å²) in [4.78, 5) is 24.0. The summed E-state index contributed by atoms with van der Waals surface area (Å²) in [5.41, 5.74) is 3.00. The molecule has 0 atom stereocenters. The molecule has 0 heterocycles. The van der Waals surface area contributed by atoms with Crippen molar-refractivity contribution in [1.29, 1.82) is 0 Å². The van der Waals surface area contributed by atoms with Gasteiger partial charge in [-0.25, -0.2) is 4.79 Å². The number of carbonyl (C=O) groups excluding carboxylic acids is 2. The lowest BCUT2D eigenvalue weighted by molar-refractivity contribution is -0.116. The fourth-order valence-electron chi connectivity index (χ4n) is 3.05. The van der Waals surface area contributed by atoms with Crippen LogP contribution in [0.3, 0.4) is 0 Å². The van der Waals surface area contributed by atoms with E-state index in [1.54, 1.807) is 0 Å². The van der Waals surface area contributed by atoms with Crippen LogP contribution in [0.5, 0.6) is 0 Å². The molecule has 31 heavy (non-hydrogen) atoms. The molecule has 2 rings (SSSR count). The Balaban J connectivity index is 1.82. The number of rotatable bonds is 10. The van der Waals surface area contributed by atoms with Gasteiger partial charge >= 0.3 is 6.09 Å². The average Bonchev–Trinajstić information content (AvgIpc) is 2.70. The van der Waals surface area contributed by atoms with E-state index in [4.69, 9.17) is 4.74 Å². The van der Waals surface area contributed by atoms with E-state index in [1.807, 2.05) is 69.3 Å². The predicted octanol–water partition coefficient (Wildman–Crippen LogP) is 7.37. The molecule has 0 saturated heterocycles. The number of ether oxygens (including phenoxy) is 1. The van der Waals surface area contributed by atoms with Crippen LogP contribution in [0.15, 0.2) is 48.5 Å². The zero-order valence-corrected chi connectivity index (χ0v) is 20.3. The molecule has 0 unspecified atom stereocenters. The normalized spacial score (nSPS) is 11.1. The summed E-state index contributed by atoms with van der Waals surface area (Å²) in [5, 5.41) is 6.74. The standard InChI is InChI=1S/C25H33BrN2O3/c1-25(2,3)31-24(30)28-22-16-12-20(13-17-22)19-10-14-21(15-11-19)27-23(29)9-7-5-4-6-8-18-26/h10-17H,4-9,18H2,1-3H3,(H,27,29)(H,28,30). The van der Waals surface area contributed by atoms with Crippen molar-refractivity contribution in [2.75, 3.05) is 16.0 Å². The van der Waals surface area contributed by atoms with Crippen molar-refractivity contribution in [3.63, 3.8) is 0 Å². The van der Waals surface area contributed by atoms with Gasteiger partial charge < -0.3 is 10.1 Å². The minimum absolute atomic E-state index is 0.0609. The molecule has 2 amide bonds. The third-order valence-electron chi connectivity index (χ3n) is 4.57. The Kier molecular flexibility index (Phi) is 10.0. The van der Waals surface area contributed by atoms with Crippen molar-refractivity contribution in [3.8, 4) is 11.1 Å². The van der Waals surface area contributed by atoms with Gasteiger partial charge in [0.15, 0.2) is 0 Å². The Morgan fingerprint density at radius 3 is 1.77 bits per heavy atom. The summed E-state index contributed by atoms with van der Waals surface area (Å²) in [5.74, 6) is 0.0609. The van der Waals surface area contributed by atoms with Crippen LogP contribution in [0.2, 0.25) is 0 Å². The molecular formula is C25H33BrN2O3. The fraction of sp³-hybridized carbons (Fsp3) is 0.440. The number of nitrogens with one attached hydrogen (secondary N) is 2. The quantitative estimate of drug-likeness (QED) is 0.270. The maximum absolute atomic E-state index is 12.1. The molecule has 0 fully saturated rings. The van der Waals surface area contributed by atoms with Gasteiger partial charge in [0.05, 0.1) is 0 Å². The predicted molar refractivity (Wildman–Crippen MR) is 132 cm³/mol. The molecule has 0 spiro atoms. The number of unbranched alkanes of at least 4 members (excludes halogenated alkanes) is 4. The van der Waals surface area contributed by atoms with Crippen molar-refractivity contribution >= 4 is 39.3 Å². The maximum Gasteiger partial charge on any atom is 0.412 e. The van der Waals surface area contributed by atoms with E-state index in [1.165, 1.54) is 19.3 Å². The summed E-state index contributed by atoms with van der Waals surface area (Å²) in [6.45, 7) is 5.49. The minimum atomic E-state index is -0.533. The number of amides is 2. The number of carbonyl (C=O) groups is 2. The van der Waals surface area contributed by atoms with Crippen molar-refractivity contribution in [2.45, 2.75) is 64.9 Å². The van der Waals surface area contributed by atoms with Gasteiger partial charge in [-0.1, -0.05) is 59.5 Å². The van der Waals surface area contributed by atoms with E-state index in [9.17, 15) is 9.59 Å². The molecule has 6 heteroatoms. The summed E-state index contributed by atoms with van der Waals surface area (Å²) >= 11 is 3.44. The second-order valence-electron chi connectivity index (χ2n) is 8.54. The smallest absolute Gasteiger partial charge is 0.412 e. The van der Waals surface area contributed by atoms with Gasteiger partial charge in [-0.15, -0.1) is 0 Å². The van der Waals surface area contributed by atoms with Crippen LogP contribution in [0.4, 0.5) is 16.2 Å². The molecule has 0 aliphatic heterocycles. The van der Waals surface area contributed by atoms with Crippen LogP contribution in [0, 0.1) is 0 Å². The molecule has 0 aromatic heterocycles. The first-order valence-electron chi connectivity index (χ1n) is 10.8.